The molecule has 120 valence electrons. The second-order valence-corrected chi connectivity index (χ2v) is 6.74. The number of anilines is 1. The Bertz CT molecular complexity index is 826. The summed E-state index contributed by atoms with van der Waals surface area (Å²) in [6.07, 6.45) is 0. The number of nitriles is 1. The highest BCUT2D eigenvalue weighted by atomic mass is 32.2. The summed E-state index contributed by atoms with van der Waals surface area (Å²) in [6.45, 7) is 4.17. The van der Waals surface area contributed by atoms with E-state index in [9.17, 15) is 8.42 Å². The summed E-state index contributed by atoms with van der Waals surface area (Å²) in [6, 6.07) is 10.3. The van der Waals surface area contributed by atoms with Gasteiger partial charge in [0, 0.05) is 13.1 Å². The number of sulfonamides is 1. The van der Waals surface area contributed by atoms with Crippen LogP contribution in [0, 0.1) is 25.2 Å². The van der Waals surface area contributed by atoms with Crippen molar-refractivity contribution < 1.29 is 8.42 Å². The molecular formula is C15H17N5O2S. The molecule has 0 atom stereocenters. The first-order valence-corrected chi connectivity index (χ1v) is 8.45. The molecule has 0 radical (unpaired) electrons. The average molecular weight is 331 g/mol. The third kappa shape index (κ3) is 4.48. The number of nitrogens with zero attached hydrogens (tertiary/aromatic N) is 3. The highest BCUT2D eigenvalue weighted by Gasteiger charge is 2.16. The molecule has 0 amide bonds. The Balaban J connectivity index is 1.92. The molecule has 8 heteroatoms. The number of rotatable bonds is 6. The topological polar surface area (TPSA) is 108 Å². The zero-order valence-corrected chi connectivity index (χ0v) is 13.7. The fourth-order valence-corrected chi connectivity index (χ4v) is 3.30. The number of hydrogen-bond acceptors (Lipinski definition) is 6. The van der Waals surface area contributed by atoms with Crippen molar-refractivity contribution in [1.82, 2.24) is 14.9 Å². The lowest BCUT2D eigenvalue weighted by molar-refractivity contribution is 0.582. The highest BCUT2D eigenvalue weighted by molar-refractivity contribution is 7.89. The Kier molecular flexibility index (Phi) is 5.26. The Morgan fingerprint density at radius 2 is 1.91 bits per heavy atom. The second-order valence-electron chi connectivity index (χ2n) is 5.01. The highest BCUT2D eigenvalue weighted by Crippen LogP contribution is 2.16. The molecule has 0 fully saturated rings. The molecule has 0 aliphatic rings. The van der Waals surface area contributed by atoms with Crippen LogP contribution in [0.15, 0.2) is 35.2 Å². The van der Waals surface area contributed by atoms with E-state index in [1.165, 1.54) is 6.07 Å². The Hall–Kier alpha value is -2.50. The smallest absolute Gasteiger partial charge is 0.240 e. The van der Waals surface area contributed by atoms with Crippen molar-refractivity contribution in [2.45, 2.75) is 18.7 Å². The van der Waals surface area contributed by atoms with Crippen molar-refractivity contribution >= 4 is 15.8 Å². The predicted octanol–water partition coefficient (Wildman–Crippen LogP) is 1.36. The molecule has 1 heterocycles. The van der Waals surface area contributed by atoms with Crippen LogP contribution in [-0.4, -0.2) is 31.7 Å². The SMILES string of the molecule is Cc1ccc(C)c(S(=O)(=O)NCCNc2ccc(C#N)nn2)c1. The zero-order valence-electron chi connectivity index (χ0n) is 12.9. The van der Waals surface area contributed by atoms with Gasteiger partial charge in [-0.25, -0.2) is 13.1 Å². The lowest BCUT2D eigenvalue weighted by Gasteiger charge is -2.10. The third-order valence-corrected chi connectivity index (χ3v) is 4.74. The maximum absolute atomic E-state index is 12.3. The molecule has 23 heavy (non-hydrogen) atoms. The first-order chi connectivity index (χ1) is 10.9. The van der Waals surface area contributed by atoms with Gasteiger partial charge in [-0.2, -0.15) is 5.26 Å². The number of nitrogens with one attached hydrogen (secondary N) is 2. The molecule has 0 saturated carbocycles. The Morgan fingerprint density at radius 3 is 2.57 bits per heavy atom. The van der Waals surface area contributed by atoms with Crippen LogP contribution < -0.4 is 10.0 Å². The number of aromatic nitrogens is 2. The van der Waals surface area contributed by atoms with E-state index in [0.29, 0.717) is 17.9 Å². The van der Waals surface area contributed by atoms with Crippen LogP contribution in [0.2, 0.25) is 0 Å². The van der Waals surface area contributed by atoms with Gasteiger partial charge >= 0.3 is 0 Å². The second kappa shape index (κ2) is 7.17. The van der Waals surface area contributed by atoms with Crippen molar-refractivity contribution in [2.24, 2.45) is 0 Å². The quantitative estimate of drug-likeness (QED) is 0.774. The summed E-state index contributed by atoms with van der Waals surface area (Å²) in [5, 5.41) is 19.1. The van der Waals surface area contributed by atoms with E-state index in [4.69, 9.17) is 5.26 Å². The Morgan fingerprint density at radius 1 is 1.13 bits per heavy atom. The van der Waals surface area contributed by atoms with Crippen LogP contribution in [0.1, 0.15) is 16.8 Å². The van der Waals surface area contributed by atoms with E-state index in [1.807, 2.05) is 19.1 Å². The number of benzene rings is 1. The minimum Gasteiger partial charge on any atom is -0.367 e. The van der Waals surface area contributed by atoms with Gasteiger partial charge in [-0.05, 0) is 43.2 Å². The maximum atomic E-state index is 12.3. The lowest BCUT2D eigenvalue weighted by atomic mass is 10.2. The van der Waals surface area contributed by atoms with Crippen LogP contribution >= 0.6 is 0 Å². The average Bonchev–Trinajstić information content (AvgIpc) is 2.54. The van der Waals surface area contributed by atoms with E-state index in [2.05, 4.69) is 20.2 Å². The van der Waals surface area contributed by atoms with Gasteiger partial charge in [-0.15, -0.1) is 10.2 Å². The summed E-state index contributed by atoms with van der Waals surface area (Å²) in [5.74, 6) is 0.481. The van der Waals surface area contributed by atoms with E-state index >= 15 is 0 Å². The molecule has 7 nitrogen and oxygen atoms in total. The molecular weight excluding hydrogens is 314 g/mol. The predicted molar refractivity (Wildman–Crippen MR) is 86.3 cm³/mol. The Labute approximate surface area is 135 Å². The molecule has 0 unspecified atom stereocenters. The van der Waals surface area contributed by atoms with E-state index in [1.54, 1.807) is 25.1 Å². The van der Waals surface area contributed by atoms with E-state index in [-0.39, 0.29) is 17.1 Å². The molecule has 0 aliphatic heterocycles. The van der Waals surface area contributed by atoms with Gasteiger partial charge in [0.05, 0.1) is 4.90 Å². The van der Waals surface area contributed by atoms with Crippen molar-refractivity contribution in [3.05, 3.63) is 47.2 Å². The standard InChI is InChI=1S/C15H17N5O2S/c1-11-3-4-12(2)14(9-11)23(21,22)18-8-7-17-15-6-5-13(10-16)19-20-15/h3-6,9,18H,7-8H2,1-2H3,(H,17,20). The van der Waals surface area contributed by atoms with Crippen LogP contribution in [-0.2, 0) is 10.0 Å². The normalized spacial score (nSPS) is 11.0. The first-order valence-electron chi connectivity index (χ1n) is 6.97. The van der Waals surface area contributed by atoms with Crippen molar-refractivity contribution in [3.8, 4) is 6.07 Å². The first kappa shape index (κ1) is 16.9. The molecule has 1 aromatic heterocycles. The third-order valence-electron chi connectivity index (χ3n) is 3.14. The van der Waals surface area contributed by atoms with Crippen LogP contribution in [0.25, 0.3) is 0 Å². The number of hydrogen-bond donors (Lipinski definition) is 2. The molecule has 0 saturated heterocycles. The fourth-order valence-electron chi connectivity index (χ4n) is 1.94. The summed E-state index contributed by atoms with van der Waals surface area (Å²) in [7, 11) is -3.55. The molecule has 1 aromatic carbocycles. The fraction of sp³-hybridized carbons (Fsp3) is 0.267. The van der Waals surface area contributed by atoms with Gasteiger partial charge in [0.15, 0.2) is 5.69 Å². The molecule has 2 aromatic rings. The minimum absolute atomic E-state index is 0.206. The molecule has 2 rings (SSSR count). The van der Waals surface area contributed by atoms with Crippen molar-refractivity contribution in [2.75, 3.05) is 18.4 Å². The lowest BCUT2D eigenvalue weighted by Crippen LogP contribution is -2.29. The molecule has 0 spiro atoms. The van der Waals surface area contributed by atoms with Crippen LogP contribution in [0.4, 0.5) is 5.82 Å². The number of aryl methyl sites for hydroxylation is 2. The van der Waals surface area contributed by atoms with Crippen LogP contribution in [0.3, 0.4) is 0 Å². The van der Waals surface area contributed by atoms with Gasteiger partial charge in [-0.3, -0.25) is 0 Å². The van der Waals surface area contributed by atoms with Crippen LogP contribution in [0.5, 0.6) is 0 Å². The van der Waals surface area contributed by atoms with E-state index < -0.39 is 10.0 Å². The molecule has 0 aliphatic carbocycles. The van der Waals surface area contributed by atoms with Gasteiger partial charge in [0.2, 0.25) is 10.0 Å². The van der Waals surface area contributed by atoms with E-state index in [0.717, 1.165) is 5.56 Å². The van der Waals surface area contributed by atoms with Gasteiger partial charge in [-0.1, -0.05) is 12.1 Å². The zero-order chi connectivity index (χ0) is 16.9. The van der Waals surface area contributed by atoms with Gasteiger partial charge in [0.25, 0.3) is 0 Å². The largest absolute Gasteiger partial charge is 0.367 e. The monoisotopic (exact) mass is 331 g/mol. The summed E-state index contributed by atoms with van der Waals surface area (Å²) >= 11 is 0. The summed E-state index contributed by atoms with van der Waals surface area (Å²) in [4.78, 5) is 0.288. The van der Waals surface area contributed by atoms with Crippen molar-refractivity contribution in [3.63, 3.8) is 0 Å². The van der Waals surface area contributed by atoms with Gasteiger partial charge < -0.3 is 5.32 Å². The minimum atomic E-state index is -3.55. The summed E-state index contributed by atoms with van der Waals surface area (Å²) in [5.41, 5.74) is 1.82. The molecule has 2 N–H and O–H groups in total. The van der Waals surface area contributed by atoms with Gasteiger partial charge in [0.1, 0.15) is 11.9 Å². The molecule has 0 bridgehead atoms. The summed E-state index contributed by atoms with van der Waals surface area (Å²) < 4.78 is 27.1. The van der Waals surface area contributed by atoms with Crippen molar-refractivity contribution in [1.29, 1.82) is 5.26 Å². The maximum Gasteiger partial charge on any atom is 0.240 e.